The van der Waals surface area contributed by atoms with Gasteiger partial charge < -0.3 is 4.57 Å². The maximum absolute atomic E-state index is 13.7. The molecule has 0 fully saturated rings. The number of carbonyl (C=O) groups excluding carboxylic acids is 1. The van der Waals surface area contributed by atoms with Crippen molar-refractivity contribution in [1.29, 1.82) is 0 Å². The molecule has 1 atom stereocenters. The number of rotatable bonds is 7. The summed E-state index contributed by atoms with van der Waals surface area (Å²) in [5.74, 6) is -0.138. The molecule has 1 aromatic heterocycles. The molecule has 1 amide bonds. The number of para-hydroxylation sites is 1. The van der Waals surface area contributed by atoms with E-state index in [1.807, 2.05) is 30.3 Å². The van der Waals surface area contributed by atoms with Gasteiger partial charge in [-0.3, -0.25) is 4.79 Å². The van der Waals surface area contributed by atoms with Gasteiger partial charge in [0.1, 0.15) is 5.82 Å². The van der Waals surface area contributed by atoms with Crippen LogP contribution in [0.25, 0.3) is 10.9 Å². The standard InChI is InChI=1S/C34H29BrFN3OS/c1-22-7-8-23(2)26(17-22)19-38-20-33(29-5-3-4-6-31(29)38)41-21-34(40)39-32(25-11-15-28(36)16-12-25)18-30(37-39)24-9-13-27(35)14-10-24/h3-17,20,32H,18-19,21H2,1-2H3/t32-/m0/s1. The maximum atomic E-state index is 13.7. The monoisotopic (exact) mass is 625 g/mol. The first-order valence-corrected chi connectivity index (χ1v) is 15.3. The number of benzene rings is 4. The normalized spacial score (nSPS) is 15.0. The van der Waals surface area contributed by atoms with Gasteiger partial charge in [0, 0.05) is 39.4 Å². The fourth-order valence-corrected chi connectivity index (χ4v) is 6.53. The van der Waals surface area contributed by atoms with Crippen molar-refractivity contribution < 1.29 is 9.18 Å². The quantitative estimate of drug-likeness (QED) is 0.170. The Balaban J connectivity index is 1.26. The molecule has 0 unspecified atom stereocenters. The molecule has 6 rings (SSSR count). The van der Waals surface area contributed by atoms with Gasteiger partial charge in [0.2, 0.25) is 0 Å². The number of carbonyl (C=O) groups is 1. The summed E-state index contributed by atoms with van der Waals surface area (Å²) in [6, 6.07) is 28.9. The third-order valence-electron chi connectivity index (χ3n) is 7.55. The van der Waals surface area contributed by atoms with Gasteiger partial charge >= 0.3 is 0 Å². The number of amides is 1. The molecule has 0 aliphatic carbocycles. The Morgan fingerprint density at radius 1 is 1.00 bits per heavy atom. The number of aryl methyl sites for hydroxylation is 2. The lowest BCUT2D eigenvalue weighted by atomic mass is 9.98. The number of fused-ring (bicyclic) bond motifs is 1. The fraction of sp³-hybridized carbons (Fsp3) is 0.176. The number of thioether (sulfide) groups is 1. The first-order valence-electron chi connectivity index (χ1n) is 13.5. The molecule has 0 spiro atoms. The highest BCUT2D eigenvalue weighted by Crippen LogP contribution is 2.36. The number of hydrogen-bond donors (Lipinski definition) is 0. The van der Waals surface area contributed by atoms with E-state index in [2.05, 4.69) is 76.9 Å². The summed E-state index contributed by atoms with van der Waals surface area (Å²) in [6.45, 7) is 5.03. The molecule has 41 heavy (non-hydrogen) atoms. The predicted molar refractivity (Wildman–Crippen MR) is 169 cm³/mol. The third kappa shape index (κ3) is 5.88. The minimum Gasteiger partial charge on any atom is -0.342 e. The molecular formula is C34H29BrFN3OS. The van der Waals surface area contributed by atoms with E-state index in [4.69, 9.17) is 5.10 Å². The van der Waals surface area contributed by atoms with Crippen molar-refractivity contribution >= 4 is 50.2 Å². The van der Waals surface area contributed by atoms with E-state index in [0.717, 1.165) is 43.7 Å². The zero-order chi connectivity index (χ0) is 28.5. The predicted octanol–water partition coefficient (Wildman–Crippen LogP) is 8.68. The van der Waals surface area contributed by atoms with Gasteiger partial charge in [0.05, 0.1) is 17.5 Å². The number of hydrazone groups is 1. The van der Waals surface area contributed by atoms with Crippen LogP contribution in [0.4, 0.5) is 4.39 Å². The molecule has 1 aliphatic rings. The van der Waals surface area contributed by atoms with E-state index in [-0.39, 0.29) is 23.5 Å². The van der Waals surface area contributed by atoms with Crippen LogP contribution in [0.15, 0.2) is 112 Å². The summed E-state index contributed by atoms with van der Waals surface area (Å²) in [6.07, 6.45) is 2.72. The van der Waals surface area contributed by atoms with E-state index in [9.17, 15) is 9.18 Å². The van der Waals surface area contributed by atoms with Crippen molar-refractivity contribution in [3.8, 4) is 0 Å². The Morgan fingerprint density at radius 2 is 1.76 bits per heavy atom. The summed E-state index contributed by atoms with van der Waals surface area (Å²) >= 11 is 5.02. The first-order chi connectivity index (χ1) is 19.9. The molecule has 4 aromatic carbocycles. The van der Waals surface area contributed by atoms with E-state index in [1.54, 1.807) is 17.1 Å². The molecule has 206 valence electrons. The summed E-state index contributed by atoms with van der Waals surface area (Å²) in [5.41, 5.74) is 7.61. The van der Waals surface area contributed by atoms with Crippen molar-refractivity contribution in [3.63, 3.8) is 0 Å². The van der Waals surface area contributed by atoms with Gasteiger partial charge in [-0.15, -0.1) is 11.8 Å². The molecule has 2 heterocycles. The Hall–Kier alpha value is -3.68. The van der Waals surface area contributed by atoms with Crippen molar-refractivity contribution in [1.82, 2.24) is 9.58 Å². The lowest BCUT2D eigenvalue weighted by Gasteiger charge is -2.22. The lowest BCUT2D eigenvalue weighted by molar-refractivity contribution is -0.130. The van der Waals surface area contributed by atoms with Crippen molar-refractivity contribution in [2.45, 2.75) is 37.8 Å². The average Bonchev–Trinajstić information content (AvgIpc) is 3.57. The molecule has 0 bridgehead atoms. The summed E-state index contributed by atoms with van der Waals surface area (Å²) in [4.78, 5) is 14.8. The Labute approximate surface area is 252 Å². The highest BCUT2D eigenvalue weighted by molar-refractivity contribution is 9.10. The number of halogens is 2. The molecule has 0 radical (unpaired) electrons. The van der Waals surface area contributed by atoms with Gasteiger partial charge in [-0.2, -0.15) is 5.10 Å². The molecule has 5 aromatic rings. The fourth-order valence-electron chi connectivity index (χ4n) is 5.32. The van der Waals surface area contributed by atoms with Gasteiger partial charge in [-0.25, -0.2) is 9.40 Å². The van der Waals surface area contributed by atoms with Crippen LogP contribution in [-0.2, 0) is 11.3 Å². The van der Waals surface area contributed by atoms with Crippen LogP contribution in [0.3, 0.4) is 0 Å². The zero-order valence-corrected chi connectivity index (χ0v) is 25.3. The van der Waals surface area contributed by atoms with E-state index in [1.165, 1.54) is 40.6 Å². The second-order valence-electron chi connectivity index (χ2n) is 10.4. The molecule has 0 saturated heterocycles. The van der Waals surface area contributed by atoms with Gasteiger partial charge in [0.15, 0.2) is 0 Å². The Morgan fingerprint density at radius 3 is 2.54 bits per heavy atom. The highest BCUT2D eigenvalue weighted by atomic mass is 79.9. The molecule has 0 N–H and O–H groups in total. The Bertz CT molecular complexity index is 1760. The smallest absolute Gasteiger partial charge is 0.253 e. The summed E-state index contributed by atoms with van der Waals surface area (Å²) in [5, 5.41) is 7.52. The number of hydrogen-bond acceptors (Lipinski definition) is 3. The summed E-state index contributed by atoms with van der Waals surface area (Å²) < 4.78 is 17.0. The van der Waals surface area contributed by atoms with Crippen LogP contribution in [-0.4, -0.2) is 26.9 Å². The summed E-state index contributed by atoms with van der Waals surface area (Å²) in [7, 11) is 0. The number of nitrogens with zero attached hydrogens (tertiary/aromatic N) is 3. The minimum atomic E-state index is -0.300. The lowest BCUT2D eigenvalue weighted by Crippen LogP contribution is -2.28. The molecule has 4 nitrogen and oxygen atoms in total. The average molecular weight is 627 g/mol. The van der Waals surface area contributed by atoms with Crippen LogP contribution in [0.5, 0.6) is 0 Å². The van der Waals surface area contributed by atoms with Gasteiger partial charge in [-0.1, -0.05) is 82.2 Å². The SMILES string of the molecule is Cc1ccc(C)c(Cn2cc(SCC(=O)N3N=C(c4ccc(Br)cc4)C[C@H]3c3ccc(F)cc3)c3ccccc32)c1. The minimum absolute atomic E-state index is 0.0807. The second kappa shape index (κ2) is 11.7. The topological polar surface area (TPSA) is 37.6 Å². The van der Waals surface area contributed by atoms with Gasteiger partial charge in [0.25, 0.3) is 5.91 Å². The molecule has 1 aliphatic heterocycles. The highest BCUT2D eigenvalue weighted by Gasteiger charge is 2.33. The van der Waals surface area contributed by atoms with Crippen LogP contribution in [0.2, 0.25) is 0 Å². The largest absolute Gasteiger partial charge is 0.342 e. The van der Waals surface area contributed by atoms with Crippen LogP contribution >= 0.6 is 27.7 Å². The van der Waals surface area contributed by atoms with Gasteiger partial charge in [-0.05, 0) is 66.4 Å². The molecule has 7 heteroatoms. The molecular weight excluding hydrogens is 597 g/mol. The first kappa shape index (κ1) is 27.5. The van der Waals surface area contributed by atoms with Crippen molar-refractivity contribution in [2.24, 2.45) is 5.10 Å². The Kier molecular flexibility index (Phi) is 7.82. The van der Waals surface area contributed by atoms with Crippen molar-refractivity contribution in [2.75, 3.05) is 5.75 Å². The van der Waals surface area contributed by atoms with Crippen LogP contribution in [0.1, 0.15) is 40.3 Å². The van der Waals surface area contributed by atoms with Crippen molar-refractivity contribution in [3.05, 3.63) is 135 Å². The number of aromatic nitrogens is 1. The van der Waals surface area contributed by atoms with E-state index >= 15 is 0 Å². The van der Waals surface area contributed by atoms with Crippen LogP contribution in [0, 0.1) is 19.7 Å². The maximum Gasteiger partial charge on any atom is 0.253 e. The van der Waals surface area contributed by atoms with E-state index in [0.29, 0.717) is 6.42 Å². The third-order valence-corrected chi connectivity index (χ3v) is 9.10. The zero-order valence-electron chi connectivity index (χ0n) is 22.9. The second-order valence-corrected chi connectivity index (χ2v) is 12.4. The van der Waals surface area contributed by atoms with E-state index < -0.39 is 0 Å². The van der Waals surface area contributed by atoms with Crippen LogP contribution < -0.4 is 0 Å². The molecule has 0 saturated carbocycles.